The summed E-state index contributed by atoms with van der Waals surface area (Å²) in [6, 6.07) is 2.70. The first-order chi connectivity index (χ1) is 9.38. The van der Waals surface area contributed by atoms with E-state index in [2.05, 4.69) is 4.72 Å². The average Bonchev–Trinajstić information content (AvgIpc) is 2.31. The highest BCUT2D eigenvalue weighted by molar-refractivity contribution is 7.89. The molecule has 0 aliphatic carbocycles. The van der Waals surface area contributed by atoms with Crippen LogP contribution in [-0.4, -0.2) is 28.2 Å². The van der Waals surface area contributed by atoms with Gasteiger partial charge in [0, 0.05) is 24.8 Å². The Hall–Kier alpha value is -0.530. The van der Waals surface area contributed by atoms with Crippen LogP contribution in [0.4, 0.5) is 5.69 Å². The van der Waals surface area contributed by atoms with Gasteiger partial charge in [0.1, 0.15) is 4.90 Å². The summed E-state index contributed by atoms with van der Waals surface area (Å²) in [5.41, 5.74) is 5.69. The topological polar surface area (TPSA) is 81.4 Å². The number of benzene rings is 1. The molecule has 0 unspecified atom stereocenters. The Kier molecular flexibility index (Phi) is 7.05. The smallest absolute Gasteiger partial charge is 0.244 e. The number of nitrogens with two attached hydrogens (primary N) is 1. The molecule has 0 aliphatic rings. The average molecular weight is 341 g/mol. The van der Waals surface area contributed by atoms with Crippen molar-refractivity contribution < 1.29 is 13.2 Å². The predicted molar refractivity (Wildman–Crippen MR) is 81.8 cm³/mol. The quantitative estimate of drug-likeness (QED) is 0.563. The maximum Gasteiger partial charge on any atom is 0.244 e. The summed E-state index contributed by atoms with van der Waals surface area (Å²) in [6.45, 7) is 3.43. The Bertz CT molecular complexity index is 527. The van der Waals surface area contributed by atoms with Crippen LogP contribution in [0.15, 0.2) is 17.0 Å². The van der Waals surface area contributed by atoms with Crippen molar-refractivity contribution in [3.05, 3.63) is 22.2 Å². The third kappa shape index (κ3) is 5.10. The number of halogens is 2. The van der Waals surface area contributed by atoms with Gasteiger partial charge in [-0.15, -0.1) is 0 Å². The fourth-order valence-electron chi connectivity index (χ4n) is 1.56. The minimum atomic E-state index is -3.75. The van der Waals surface area contributed by atoms with E-state index in [1.807, 2.05) is 6.92 Å². The van der Waals surface area contributed by atoms with Crippen LogP contribution >= 0.6 is 23.2 Å². The number of nitrogen functional groups attached to an aromatic ring is 1. The zero-order valence-corrected chi connectivity index (χ0v) is 13.5. The van der Waals surface area contributed by atoms with Crippen LogP contribution in [0, 0.1) is 0 Å². The molecule has 0 aromatic heterocycles. The van der Waals surface area contributed by atoms with E-state index in [4.69, 9.17) is 33.7 Å². The highest BCUT2D eigenvalue weighted by Crippen LogP contribution is 2.30. The Morgan fingerprint density at radius 1 is 1.30 bits per heavy atom. The van der Waals surface area contributed by atoms with Gasteiger partial charge in [-0.3, -0.25) is 0 Å². The molecule has 5 nitrogen and oxygen atoms in total. The summed E-state index contributed by atoms with van der Waals surface area (Å²) < 4.78 is 31.9. The first-order valence-electron chi connectivity index (χ1n) is 6.20. The maximum atomic E-state index is 12.1. The van der Waals surface area contributed by atoms with Crippen LogP contribution in [0.2, 0.25) is 10.0 Å². The lowest BCUT2D eigenvalue weighted by atomic mass is 10.3. The SMILES string of the molecule is CCCOCCCNS(=O)(=O)c1c(N)cc(Cl)cc1Cl. The summed E-state index contributed by atoms with van der Waals surface area (Å²) in [7, 11) is -3.75. The standard InChI is InChI=1S/C12H18Cl2N2O3S/c1-2-5-19-6-3-4-16-20(17,18)12-10(14)7-9(13)8-11(12)15/h7-8,16H,2-6,15H2,1H3. The number of rotatable bonds is 8. The third-order valence-corrected chi connectivity index (χ3v) is 4.62. The molecule has 0 bridgehead atoms. The van der Waals surface area contributed by atoms with Crippen molar-refractivity contribution in [3.8, 4) is 0 Å². The van der Waals surface area contributed by atoms with Gasteiger partial charge < -0.3 is 10.5 Å². The zero-order chi connectivity index (χ0) is 15.2. The molecular weight excluding hydrogens is 323 g/mol. The predicted octanol–water partition coefficient (Wildman–Crippen LogP) is 2.67. The fourth-order valence-corrected chi connectivity index (χ4v) is 3.62. The minimum Gasteiger partial charge on any atom is -0.398 e. The highest BCUT2D eigenvalue weighted by atomic mass is 35.5. The Morgan fingerprint density at radius 2 is 2.00 bits per heavy atom. The number of hydrogen-bond donors (Lipinski definition) is 2. The summed E-state index contributed by atoms with van der Waals surface area (Å²) in [5, 5.41) is 0.296. The van der Waals surface area contributed by atoms with Gasteiger partial charge in [-0.05, 0) is 25.0 Å². The van der Waals surface area contributed by atoms with Crippen LogP contribution in [0.1, 0.15) is 19.8 Å². The molecule has 0 fully saturated rings. The van der Waals surface area contributed by atoms with Crippen LogP contribution < -0.4 is 10.5 Å². The second kappa shape index (κ2) is 8.05. The van der Waals surface area contributed by atoms with Crippen LogP contribution in [0.5, 0.6) is 0 Å². The molecule has 0 aliphatic heterocycles. The molecule has 0 amide bonds. The van der Waals surface area contributed by atoms with Crippen molar-refractivity contribution >= 4 is 38.9 Å². The van der Waals surface area contributed by atoms with Crippen LogP contribution in [0.3, 0.4) is 0 Å². The molecule has 0 spiro atoms. The first kappa shape index (κ1) is 17.5. The van der Waals surface area contributed by atoms with Crippen molar-refractivity contribution in [1.82, 2.24) is 4.72 Å². The number of ether oxygens (including phenoxy) is 1. The lowest BCUT2D eigenvalue weighted by molar-refractivity contribution is 0.133. The van der Waals surface area contributed by atoms with E-state index >= 15 is 0 Å². The second-order valence-corrected chi connectivity index (χ2v) is 6.72. The largest absolute Gasteiger partial charge is 0.398 e. The molecule has 20 heavy (non-hydrogen) atoms. The molecule has 1 aromatic carbocycles. The van der Waals surface area contributed by atoms with E-state index in [0.29, 0.717) is 24.7 Å². The van der Waals surface area contributed by atoms with Gasteiger partial charge in [0.2, 0.25) is 10.0 Å². The summed E-state index contributed by atoms with van der Waals surface area (Å²) in [6.07, 6.45) is 1.51. The zero-order valence-electron chi connectivity index (χ0n) is 11.2. The molecule has 0 saturated carbocycles. The molecule has 8 heteroatoms. The van der Waals surface area contributed by atoms with Crippen molar-refractivity contribution in [2.24, 2.45) is 0 Å². The summed E-state index contributed by atoms with van der Waals surface area (Å²) in [5.74, 6) is 0. The van der Waals surface area contributed by atoms with Crippen LogP contribution in [-0.2, 0) is 14.8 Å². The lowest BCUT2D eigenvalue weighted by Crippen LogP contribution is -2.26. The molecule has 0 saturated heterocycles. The Labute approximate surface area is 129 Å². The van der Waals surface area contributed by atoms with E-state index in [1.165, 1.54) is 12.1 Å². The Morgan fingerprint density at radius 3 is 2.60 bits per heavy atom. The van der Waals surface area contributed by atoms with Crippen molar-refractivity contribution in [1.29, 1.82) is 0 Å². The fraction of sp³-hybridized carbons (Fsp3) is 0.500. The molecule has 114 valence electrons. The third-order valence-electron chi connectivity index (χ3n) is 2.41. The molecule has 0 atom stereocenters. The number of nitrogens with one attached hydrogen (secondary N) is 1. The van der Waals surface area contributed by atoms with E-state index in [9.17, 15) is 8.42 Å². The summed E-state index contributed by atoms with van der Waals surface area (Å²) >= 11 is 11.6. The van der Waals surface area contributed by atoms with Crippen molar-refractivity contribution in [2.75, 3.05) is 25.5 Å². The summed E-state index contributed by atoms with van der Waals surface area (Å²) in [4.78, 5) is -0.141. The molecule has 0 heterocycles. The van der Waals surface area contributed by atoms with Gasteiger partial charge in [0.25, 0.3) is 0 Å². The van der Waals surface area contributed by atoms with Gasteiger partial charge >= 0.3 is 0 Å². The molecule has 3 N–H and O–H groups in total. The minimum absolute atomic E-state index is 0.00438. The van der Waals surface area contributed by atoms with E-state index < -0.39 is 10.0 Å². The van der Waals surface area contributed by atoms with Gasteiger partial charge in [-0.25, -0.2) is 13.1 Å². The monoisotopic (exact) mass is 340 g/mol. The maximum absolute atomic E-state index is 12.1. The molecule has 0 radical (unpaired) electrons. The number of hydrogen-bond acceptors (Lipinski definition) is 4. The first-order valence-corrected chi connectivity index (χ1v) is 8.44. The highest BCUT2D eigenvalue weighted by Gasteiger charge is 2.21. The molecular formula is C12H18Cl2N2O3S. The van der Waals surface area contributed by atoms with E-state index in [-0.39, 0.29) is 22.2 Å². The molecule has 1 aromatic rings. The number of sulfonamides is 1. The van der Waals surface area contributed by atoms with E-state index in [1.54, 1.807) is 0 Å². The second-order valence-electron chi connectivity index (χ2n) is 4.17. The lowest BCUT2D eigenvalue weighted by Gasteiger charge is -2.11. The van der Waals surface area contributed by atoms with E-state index in [0.717, 1.165) is 6.42 Å². The van der Waals surface area contributed by atoms with Gasteiger partial charge in [0.15, 0.2) is 0 Å². The van der Waals surface area contributed by atoms with Crippen molar-refractivity contribution in [3.63, 3.8) is 0 Å². The normalized spacial score (nSPS) is 11.8. The Balaban J connectivity index is 2.66. The van der Waals surface area contributed by atoms with Gasteiger partial charge in [-0.2, -0.15) is 0 Å². The van der Waals surface area contributed by atoms with Crippen LogP contribution in [0.25, 0.3) is 0 Å². The molecule has 1 rings (SSSR count). The van der Waals surface area contributed by atoms with Gasteiger partial charge in [0.05, 0.1) is 10.7 Å². The van der Waals surface area contributed by atoms with Crippen molar-refractivity contribution in [2.45, 2.75) is 24.7 Å². The number of anilines is 1. The van der Waals surface area contributed by atoms with Gasteiger partial charge in [-0.1, -0.05) is 30.1 Å².